The van der Waals surface area contributed by atoms with Crippen molar-refractivity contribution < 1.29 is 4.79 Å². The molecule has 0 N–H and O–H groups in total. The third-order valence-electron chi connectivity index (χ3n) is 0.676. The van der Waals surface area contributed by atoms with Crippen LogP contribution in [-0.4, -0.2) is 12.5 Å². The monoisotopic (exact) mass is 111 g/mol. The van der Waals surface area contributed by atoms with E-state index in [1.54, 1.807) is 6.29 Å². The van der Waals surface area contributed by atoms with Crippen molar-refractivity contribution in [3.63, 3.8) is 0 Å². The molecule has 0 amide bonds. The molecule has 0 atom stereocenters. The van der Waals surface area contributed by atoms with Gasteiger partial charge in [0.05, 0.1) is 6.42 Å². The predicted molar refractivity (Wildman–Crippen MR) is 23.8 cm³/mol. The van der Waals surface area contributed by atoms with Crippen molar-refractivity contribution >= 4 is 6.29 Å². The van der Waals surface area contributed by atoms with Gasteiger partial charge in [0.1, 0.15) is 0 Å². The first-order chi connectivity index (χ1) is 3.93. The van der Waals surface area contributed by atoms with E-state index in [0.29, 0.717) is 0 Å². The standard InChI is InChI=1S/C3H3N4O/c8-2-1-3-4-6-7-5-3/h3H,1H2. The molecule has 5 heteroatoms. The van der Waals surface area contributed by atoms with Crippen LogP contribution < -0.4 is 0 Å². The Morgan fingerprint density at radius 2 is 2.00 bits per heavy atom. The summed E-state index contributed by atoms with van der Waals surface area (Å²) in [5.74, 6) is 0. The average Bonchev–Trinajstić information content (AvgIpc) is 2.19. The predicted octanol–water partition coefficient (Wildman–Crippen LogP) is 0.645. The zero-order valence-electron chi connectivity index (χ0n) is 3.98. The van der Waals surface area contributed by atoms with E-state index in [1.807, 2.05) is 0 Å². The Bertz CT molecular complexity index is 128. The molecule has 41 valence electrons. The minimum Gasteiger partial charge on any atom is -0.291 e. The summed E-state index contributed by atoms with van der Waals surface area (Å²) in [6.07, 6.45) is 1.42. The SMILES string of the molecule is O=[C]CC1N=NN=N1. The topological polar surface area (TPSA) is 66.5 Å². The molecule has 8 heavy (non-hydrogen) atoms. The Hall–Kier alpha value is -1.13. The molecule has 0 aromatic carbocycles. The minimum atomic E-state index is -0.396. The lowest BCUT2D eigenvalue weighted by molar-refractivity contribution is 0.542. The number of nitrogens with zero attached hydrogens (tertiary/aromatic N) is 4. The van der Waals surface area contributed by atoms with Crippen molar-refractivity contribution in [1.82, 2.24) is 0 Å². The summed E-state index contributed by atoms with van der Waals surface area (Å²) in [5, 5.41) is 13.3. The third kappa shape index (κ3) is 0.927. The molecule has 1 aliphatic rings. The summed E-state index contributed by atoms with van der Waals surface area (Å²) < 4.78 is 0. The molecule has 1 heterocycles. The van der Waals surface area contributed by atoms with Gasteiger partial charge in [-0.25, -0.2) is 0 Å². The Morgan fingerprint density at radius 3 is 2.50 bits per heavy atom. The van der Waals surface area contributed by atoms with Crippen molar-refractivity contribution in [2.24, 2.45) is 20.7 Å². The normalized spacial score (nSPS) is 17.5. The zero-order valence-corrected chi connectivity index (χ0v) is 3.98. The van der Waals surface area contributed by atoms with Gasteiger partial charge in [-0.1, -0.05) is 0 Å². The molecule has 0 aliphatic carbocycles. The first-order valence-electron chi connectivity index (χ1n) is 2.08. The molecule has 0 saturated heterocycles. The van der Waals surface area contributed by atoms with Gasteiger partial charge in [0.15, 0.2) is 6.17 Å². The number of hydrogen-bond acceptors (Lipinski definition) is 5. The Kier molecular flexibility index (Phi) is 1.41. The highest BCUT2D eigenvalue weighted by Crippen LogP contribution is 2.05. The van der Waals surface area contributed by atoms with Crippen molar-refractivity contribution in [3.05, 3.63) is 0 Å². The molecular weight excluding hydrogens is 108 g/mol. The molecule has 0 saturated carbocycles. The molecule has 0 spiro atoms. The summed E-state index contributed by atoms with van der Waals surface area (Å²) in [6, 6.07) is 0. The highest BCUT2D eigenvalue weighted by Gasteiger charge is 2.06. The van der Waals surface area contributed by atoms with Gasteiger partial charge in [0.2, 0.25) is 6.29 Å². The van der Waals surface area contributed by atoms with Crippen molar-refractivity contribution in [1.29, 1.82) is 0 Å². The van der Waals surface area contributed by atoms with Crippen LogP contribution >= 0.6 is 0 Å². The molecular formula is C3H3N4O. The Labute approximate surface area is 45.5 Å². The van der Waals surface area contributed by atoms with E-state index in [4.69, 9.17) is 0 Å². The molecule has 0 unspecified atom stereocenters. The van der Waals surface area contributed by atoms with Gasteiger partial charge < -0.3 is 0 Å². The van der Waals surface area contributed by atoms with Crippen LogP contribution in [0.25, 0.3) is 0 Å². The fourth-order valence-corrected chi connectivity index (χ4v) is 0.345. The fraction of sp³-hybridized carbons (Fsp3) is 0.667. The third-order valence-corrected chi connectivity index (χ3v) is 0.676. The fourth-order valence-electron chi connectivity index (χ4n) is 0.345. The largest absolute Gasteiger partial charge is 0.291 e. The highest BCUT2D eigenvalue weighted by atomic mass is 16.1. The molecule has 0 bridgehead atoms. The maximum Gasteiger partial charge on any atom is 0.202 e. The van der Waals surface area contributed by atoms with E-state index >= 15 is 0 Å². The van der Waals surface area contributed by atoms with Crippen LogP contribution in [0.2, 0.25) is 0 Å². The number of hydrogen-bond donors (Lipinski definition) is 0. The molecule has 0 aromatic rings. The number of carbonyl (C=O) groups excluding carboxylic acids is 1. The van der Waals surface area contributed by atoms with Crippen LogP contribution in [-0.2, 0) is 4.79 Å². The minimum absolute atomic E-state index is 0.160. The van der Waals surface area contributed by atoms with Gasteiger partial charge in [-0.05, 0) is 10.4 Å². The van der Waals surface area contributed by atoms with E-state index in [0.717, 1.165) is 0 Å². The van der Waals surface area contributed by atoms with Gasteiger partial charge in [-0.2, -0.15) is 0 Å². The summed E-state index contributed by atoms with van der Waals surface area (Å²) in [6.45, 7) is 0. The lowest BCUT2D eigenvalue weighted by Gasteiger charge is -1.85. The van der Waals surface area contributed by atoms with Crippen molar-refractivity contribution in [2.75, 3.05) is 0 Å². The molecule has 5 nitrogen and oxygen atoms in total. The molecule has 0 fully saturated rings. The van der Waals surface area contributed by atoms with Gasteiger partial charge in [-0.15, -0.1) is 10.2 Å². The van der Waals surface area contributed by atoms with Gasteiger partial charge in [0.25, 0.3) is 0 Å². The van der Waals surface area contributed by atoms with Crippen LogP contribution in [0, 0.1) is 0 Å². The average molecular weight is 111 g/mol. The van der Waals surface area contributed by atoms with E-state index in [2.05, 4.69) is 20.7 Å². The van der Waals surface area contributed by atoms with Crippen LogP contribution in [0.1, 0.15) is 6.42 Å². The second-order valence-corrected chi connectivity index (χ2v) is 1.24. The summed E-state index contributed by atoms with van der Waals surface area (Å²) in [5.41, 5.74) is 0. The first kappa shape index (κ1) is 5.02. The van der Waals surface area contributed by atoms with E-state index in [-0.39, 0.29) is 6.42 Å². The second-order valence-electron chi connectivity index (χ2n) is 1.24. The number of rotatable bonds is 2. The van der Waals surface area contributed by atoms with Crippen LogP contribution in [0.3, 0.4) is 0 Å². The summed E-state index contributed by atoms with van der Waals surface area (Å²) >= 11 is 0. The maximum absolute atomic E-state index is 9.63. The molecule has 0 aromatic heterocycles. The lowest BCUT2D eigenvalue weighted by atomic mass is 10.4. The van der Waals surface area contributed by atoms with E-state index < -0.39 is 6.17 Å². The molecule has 1 radical (unpaired) electrons. The van der Waals surface area contributed by atoms with E-state index in [1.165, 1.54) is 0 Å². The van der Waals surface area contributed by atoms with Crippen LogP contribution in [0.4, 0.5) is 0 Å². The van der Waals surface area contributed by atoms with Crippen LogP contribution in [0.5, 0.6) is 0 Å². The highest BCUT2D eigenvalue weighted by molar-refractivity contribution is 5.51. The Morgan fingerprint density at radius 1 is 1.38 bits per heavy atom. The maximum atomic E-state index is 9.63. The van der Waals surface area contributed by atoms with E-state index in [9.17, 15) is 4.79 Å². The smallest absolute Gasteiger partial charge is 0.202 e. The molecule has 1 aliphatic heterocycles. The molecule has 1 rings (SSSR count). The second kappa shape index (κ2) is 2.25. The van der Waals surface area contributed by atoms with Gasteiger partial charge >= 0.3 is 0 Å². The van der Waals surface area contributed by atoms with Crippen molar-refractivity contribution in [2.45, 2.75) is 12.6 Å². The van der Waals surface area contributed by atoms with Crippen molar-refractivity contribution in [3.8, 4) is 0 Å². The quantitative estimate of drug-likeness (QED) is 0.515. The summed E-state index contributed by atoms with van der Waals surface area (Å²) in [4.78, 5) is 9.63. The van der Waals surface area contributed by atoms with Gasteiger partial charge in [-0.3, -0.25) is 4.79 Å². The van der Waals surface area contributed by atoms with Gasteiger partial charge in [0, 0.05) is 0 Å². The summed E-state index contributed by atoms with van der Waals surface area (Å²) in [7, 11) is 0. The Balaban J connectivity index is 2.37. The zero-order chi connectivity index (χ0) is 5.82. The lowest BCUT2D eigenvalue weighted by Crippen LogP contribution is -1.95. The van der Waals surface area contributed by atoms with Crippen LogP contribution in [0.15, 0.2) is 20.7 Å². The first-order valence-corrected chi connectivity index (χ1v) is 2.08.